The van der Waals surface area contributed by atoms with Crippen molar-refractivity contribution in [2.24, 2.45) is 0 Å². The number of aryl methyl sites for hydroxylation is 1. The van der Waals surface area contributed by atoms with E-state index in [1.54, 1.807) is 35.1 Å². The molecule has 0 N–H and O–H groups in total. The first kappa shape index (κ1) is 15.3. The predicted octanol–water partition coefficient (Wildman–Crippen LogP) is 4.45. The molecule has 4 aromatic rings. The summed E-state index contributed by atoms with van der Waals surface area (Å²) in [6.07, 6.45) is 1.68. The van der Waals surface area contributed by atoms with Gasteiger partial charge in [-0.25, -0.2) is 14.1 Å². The number of halogens is 1. The van der Waals surface area contributed by atoms with E-state index < -0.39 is 0 Å². The second-order valence-electron chi connectivity index (χ2n) is 5.72. The number of pyridine rings is 1. The van der Waals surface area contributed by atoms with Crippen LogP contribution in [0.2, 0.25) is 0 Å². The van der Waals surface area contributed by atoms with E-state index in [-0.39, 0.29) is 12.4 Å². The summed E-state index contributed by atoms with van der Waals surface area (Å²) in [7, 11) is 0. The monoisotopic (exact) mass is 333 g/mol. The average Bonchev–Trinajstić information content (AvgIpc) is 2.99. The molecule has 0 saturated carbocycles. The number of hydrogen-bond donors (Lipinski definition) is 0. The lowest BCUT2D eigenvalue weighted by atomic mass is 10.2. The van der Waals surface area contributed by atoms with Crippen LogP contribution < -0.4 is 4.74 Å². The maximum absolute atomic E-state index is 13.8. The second kappa shape index (κ2) is 6.36. The van der Waals surface area contributed by atoms with Crippen LogP contribution in [0.3, 0.4) is 0 Å². The summed E-state index contributed by atoms with van der Waals surface area (Å²) in [5.41, 5.74) is 2.98. The van der Waals surface area contributed by atoms with Crippen LogP contribution in [-0.4, -0.2) is 14.8 Å². The zero-order valence-electron chi connectivity index (χ0n) is 13.7. The van der Waals surface area contributed by atoms with Crippen molar-refractivity contribution in [2.75, 3.05) is 0 Å². The first-order valence-electron chi connectivity index (χ1n) is 8.00. The van der Waals surface area contributed by atoms with Crippen molar-refractivity contribution in [1.82, 2.24) is 14.8 Å². The van der Waals surface area contributed by atoms with E-state index in [2.05, 4.69) is 10.1 Å². The first-order valence-corrected chi connectivity index (χ1v) is 8.00. The normalized spacial score (nSPS) is 11.0. The van der Waals surface area contributed by atoms with Gasteiger partial charge < -0.3 is 4.74 Å². The Hall–Kier alpha value is -3.21. The molecule has 0 aliphatic heterocycles. The van der Waals surface area contributed by atoms with E-state index in [4.69, 9.17) is 4.74 Å². The molecule has 4 rings (SSSR count). The fraction of sp³-hybridized carbons (Fsp3) is 0.100. The molecule has 0 aliphatic rings. The molecule has 0 aliphatic carbocycles. The molecule has 0 atom stereocenters. The van der Waals surface area contributed by atoms with E-state index in [0.717, 1.165) is 22.4 Å². The minimum Gasteiger partial charge on any atom is -0.488 e. The largest absolute Gasteiger partial charge is 0.488 e. The molecule has 4 nitrogen and oxygen atoms in total. The molecule has 0 bridgehead atoms. The maximum Gasteiger partial charge on any atom is 0.166 e. The molecule has 0 spiro atoms. The summed E-state index contributed by atoms with van der Waals surface area (Å²) < 4.78 is 21.5. The molecule has 0 radical (unpaired) electrons. The van der Waals surface area contributed by atoms with Crippen LogP contribution in [0.5, 0.6) is 5.75 Å². The van der Waals surface area contributed by atoms with E-state index in [0.29, 0.717) is 11.3 Å². The summed E-state index contributed by atoms with van der Waals surface area (Å²) in [6, 6.07) is 18.2. The molecule has 0 unspecified atom stereocenters. The number of hydrogen-bond acceptors (Lipinski definition) is 3. The lowest BCUT2D eigenvalue weighted by molar-refractivity contribution is 0.303. The first-order chi connectivity index (χ1) is 12.2. The third-order valence-corrected chi connectivity index (χ3v) is 4.05. The number of benzene rings is 2. The Morgan fingerprint density at radius 1 is 1.00 bits per heavy atom. The Morgan fingerprint density at radius 2 is 1.76 bits per heavy atom. The zero-order valence-corrected chi connectivity index (χ0v) is 13.7. The Labute approximate surface area is 144 Å². The Bertz CT molecular complexity index is 1030. The van der Waals surface area contributed by atoms with E-state index in [1.165, 1.54) is 6.07 Å². The Morgan fingerprint density at radius 3 is 2.56 bits per heavy atom. The number of ether oxygens (including phenoxy) is 1. The van der Waals surface area contributed by atoms with Crippen molar-refractivity contribution in [3.8, 4) is 11.4 Å². The van der Waals surface area contributed by atoms with Crippen LogP contribution in [-0.2, 0) is 6.61 Å². The van der Waals surface area contributed by atoms with Gasteiger partial charge in [0.15, 0.2) is 5.65 Å². The highest BCUT2D eigenvalue weighted by atomic mass is 19.1. The molecule has 0 saturated heterocycles. The summed E-state index contributed by atoms with van der Waals surface area (Å²) in [4.78, 5) is 4.46. The molecule has 25 heavy (non-hydrogen) atoms. The van der Waals surface area contributed by atoms with Crippen LogP contribution in [0, 0.1) is 12.7 Å². The molecule has 124 valence electrons. The summed E-state index contributed by atoms with van der Waals surface area (Å²) in [5, 5.41) is 5.43. The maximum atomic E-state index is 13.8. The standard InChI is InChI=1S/C20H16FN3O/c1-14-19-18(25-13-15-7-5-6-10-17(15)21)11-12-22-20(19)24(23-14)16-8-3-2-4-9-16/h2-12H,13H2,1H3. The molecule has 0 amide bonds. The van der Waals surface area contributed by atoms with E-state index in [1.807, 2.05) is 37.3 Å². The second-order valence-corrected chi connectivity index (χ2v) is 5.72. The van der Waals surface area contributed by atoms with Gasteiger partial charge in [0.05, 0.1) is 16.8 Å². The van der Waals surface area contributed by atoms with Crippen molar-refractivity contribution in [3.63, 3.8) is 0 Å². The molecular weight excluding hydrogens is 317 g/mol. The van der Waals surface area contributed by atoms with Gasteiger partial charge in [0.25, 0.3) is 0 Å². The third-order valence-electron chi connectivity index (χ3n) is 4.05. The summed E-state index contributed by atoms with van der Waals surface area (Å²) >= 11 is 0. The van der Waals surface area contributed by atoms with Crippen molar-refractivity contribution < 1.29 is 9.13 Å². The fourth-order valence-electron chi connectivity index (χ4n) is 2.82. The van der Waals surface area contributed by atoms with Crippen molar-refractivity contribution in [1.29, 1.82) is 0 Å². The summed E-state index contributed by atoms with van der Waals surface area (Å²) in [6.45, 7) is 2.07. The zero-order chi connectivity index (χ0) is 17.2. The highest BCUT2D eigenvalue weighted by Crippen LogP contribution is 2.29. The van der Waals surface area contributed by atoms with Gasteiger partial charge in [-0.15, -0.1) is 0 Å². The number of nitrogens with zero attached hydrogens (tertiary/aromatic N) is 3. The highest BCUT2D eigenvalue weighted by molar-refractivity contribution is 5.86. The van der Waals surface area contributed by atoms with Gasteiger partial charge in [-0.2, -0.15) is 5.10 Å². The summed E-state index contributed by atoms with van der Waals surface area (Å²) in [5.74, 6) is 0.373. The van der Waals surface area contributed by atoms with Gasteiger partial charge >= 0.3 is 0 Å². The van der Waals surface area contributed by atoms with Gasteiger partial charge in [-0.3, -0.25) is 0 Å². The van der Waals surface area contributed by atoms with Crippen LogP contribution in [0.1, 0.15) is 11.3 Å². The number of fused-ring (bicyclic) bond motifs is 1. The van der Waals surface area contributed by atoms with Crippen LogP contribution in [0.4, 0.5) is 4.39 Å². The molecule has 2 aromatic carbocycles. The van der Waals surface area contributed by atoms with E-state index >= 15 is 0 Å². The average molecular weight is 333 g/mol. The fourth-order valence-corrected chi connectivity index (χ4v) is 2.82. The number of para-hydroxylation sites is 1. The number of aromatic nitrogens is 3. The molecule has 2 aromatic heterocycles. The van der Waals surface area contributed by atoms with Gasteiger partial charge in [0.2, 0.25) is 0 Å². The van der Waals surface area contributed by atoms with Crippen LogP contribution >= 0.6 is 0 Å². The van der Waals surface area contributed by atoms with Gasteiger partial charge in [-0.1, -0.05) is 36.4 Å². The third kappa shape index (κ3) is 2.85. The van der Waals surface area contributed by atoms with Gasteiger partial charge in [0, 0.05) is 11.8 Å². The highest BCUT2D eigenvalue weighted by Gasteiger charge is 2.15. The smallest absolute Gasteiger partial charge is 0.166 e. The quantitative estimate of drug-likeness (QED) is 0.554. The van der Waals surface area contributed by atoms with Crippen molar-refractivity contribution in [3.05, 3.63) is 83.9 Å². The van der Waals surface area contributed by atoms with Gasteiger partial charge in [0.1, 0.15) is 18.2 Å². The Kier molecular flexibility index (Phi) is 3.90. The topological polar surface area (TPSA) is 39.9 Å². The van der Waals surface area contributed by atoms with Crippen LogP contribution in [0.15, 0.2) is 66.9 Å². The lowest BCUT2D eigenvalue weighted by Gasteiger charge is -2.08. The molecule has 2 heterocycles. The van der Waals surface area contributed by atoms with E-state index in [9.17, 15) is 4.39 Å². The van der Waals surface area contributed by atoms with Crippen molar-refractivity contribution in [2.45, 2.75) is 13.5 Å². The van der Waals surface area contributed by atoms with Crippen molar-refractivity contribution >= 4 is 11.0 Å². The van der Waals surface area contributed by atoms with Crippen LogP contribution in [0.25, 0.3) is 16.7 Å². The predicted molar refractivity (Wildman–Crippen MR) is 94.3 cm³/mol. The minimum absolute atomic E-state index is 0.155. The minimum atomic E-state index is -0.274. The number of rotatable bonds is 4. The molecule has 5 heteroatoms. The van der Waals surface area contributed by atoms with Gasteiger partial charge in [-0.05, 0) is 31.2 Å². The Balaban J connectivity index is 1.74. The molecule has 0 fully saturated rings. The SMILES string of the molecule is Cc1nn(-c2ccccc2)c2nccc(OCc3ccccc3F)c12. The lowest BCUT2D eigenvalue weighted by Crippen LogP contribution is -2.00. The molecular formula is C20H16FN3O.